The summed E-state index contributed by atoms with van der Waals surface area (Å²) in [4.78, 5) is 0. The van der Waals surface area contributed by atoms with Gasteiger partial charge in [0, 0.05) is 0 Å². The smallest absolute Gasteiger partial charge is 0.123 e. The predicted molar refractivity (Wildman–Crippen MR) is 45.0 cm³/mol. The highest BCUT2D eigenvalue weighted by molar-refractivity contribution is 5.18. The van der Waals surface area contributed by atoms with Crippen LogP contribution in [0.4, 0.5) is 4.39 Å². The molecule has 1 aromatic rings. The first-order valence-corrected chi connectivity index (χ1v) is 3.87. The fraction of sp³-hybridized carbons (Fsp3) is 0.333. The molecule has 1 aromatic carbocycles. The van der Waals surface area contributed by atoms with Crippen molar-refractivity contribution in [1.29, 1.82) is 0 Å². The molecule has 1 rings (SSSR count). The van der Waals surface area contributed by atoms with Crippen LogP contribution in [0.3, 0.4) is 0 Å². The quantitative estimate of drug-likeness (QED) is 0.714. The molecule has 2 nitrogen and oxygen atoms in total. The van der Waals surface area contributed by atoms with Gasteiger partial charge in [-0.25, -0.2) is 4.39 Å². The fourth-order valence-corrected chi connectivity index (χ4v) is 1.04. The van der Waals surface area contributed by atoms with Crippen LogP contribution in [0, 0.1) is 5.82 Å². The number of aliphatic hydroxyl groups excluding tert-OH is 1. The topological polar surface area (TPSA) is 46.2 Å². The summed E-state index contributed by atoms with van der Waals surface area (Å²) in [7, 11) is 0. The van der Waals surface area contributed by atoms with E-state index in [0.29, 0.717) is 18.5 Å². The second-order valence-corrected chi connectivity index (χ2v) is 2.65. The van der Waals surface area contributed by atoms with E-state index in [1.165, 1.54) is 12.1 Å². The maximum Gasteiger partial charge on any atom is 0.123 e. The summed E-state index contributed by atoms with van der Waals surface area (Å²) in [5.41, 5.74) is 5.83. The van der Waals surface area contributed by atoms with Crippen LogP contribution in [-0.2, 0) is 0 Å². The summed E-state index contributed by atoms with van der Waals surface area (Å²) in [5, 5.41) is 9.40. The second-order valence-electron chi connectivity index (χ2n) is 2.65. The molecular formula is C9H12FNO. The molecule has 12 heavy (non-hydrogen) atoms. The molecule has 0 spiro atoms. The van der Waals surface area contributed by atoms with Gasteiger partial charge in [0.15, 0.2) is 0 Å². The molecule has 0 unspecified atom stereocenters. The van der Waals surface area contributed by atoms with Crippen molar-refractivity contribution in [2.75, 3.05) is 6.54 Å². The van der Waals surface area contributed by atoms with Crippen molar-refractivity contribution in [1.82, 2.24) is 0 Å². The molecule has 0 saturated carbocycles. The lowest BCUT2D eigenvalue weighted by molar-refractivity contribution is 0.170. The zero-order chi connectivity index (χ0) is 8.97. The largest absolute Gasteiger partial charge is 0.388 e. The minimum atomic E-state index is -0.648. The highest BCUT2D eigenvalue weighted by Gasteiger charge is 2.05. The van der Waals surface area contributed by atoms with E-state index >= 15 is 0 Å². The molecule has 0 bridgehead atoms. The molecule has 0 saturated heterocycles. The minimum absolute atomic E-state index is 0.330. The lowest BCUT2D eigenvalue weighted by Gasteiger charge is -2.08. The molecule has 0 radical (unpaired) electrons. The average Bonchev–Trinajstić information content (AvgIpc) is 2.05. The van der Waals surface area contributed by atoms with Crippen LogP contribution in [0.25, 0.3) is 0 Å². The third-order valence-electron chi connectivity index (χ3n) is 1.67. The number of halogens is 1. The van der Waals surface area contributed by atoms with Gasteiger partial charge in [-0.15, -0.1) is 0 Å². The van der Waals surface area contributed by atoms with Gasteiger partial charge in [0.25, 0.3) is 0 Å². The molecule has 0 heterocycles. The standard InChI is InChI=1S/C9H12FNO/c10-8-3-1-2-7(6-8)9(12)4-5-11/h1-3,6,9,12H,4-5,11H2/t9-/m1/s1. The van der Waals surface area contributed by atoms with E-state index in [9.17, 15) is 9.50 Å². The molecule has 0 amide bonds. The normalized spacial score (nSPS) is 12.9. The number of aliphatic hydroxyl groups is 1. The molecule has 0 fully saturated rings. The molecule has 0 aliphatic rings. The summed E-state index contributed by atoms with van der Waals surface area (Å²) in [6, 6.07) is 5.92. The summed E-state index contributed by atoms with van der Waals surface area (Å²) in [6.45, 7) is 0.400. The first kappa shape index (κ1) is 9.16. The second kappa shape index (κ2) is 4.18. The Hall–Kier alpha value is -0.930. The monoisotopic (exact) mass is 169 g/mol. The van der Waals surface area contributed by atoms with Crippen molar-refractivity contribution < 1.29 is 9.50 Å². The summed E-state index contributed by atoms with van der Waals surface area (Å²) in [5.74, 6) is -0.330. The third kappa shape index (κ3) is 2.29. The van der Waals surface area contributed by atoms with Gasteiger partial charge in [0.05, 0.1) is 6.10 Å². The molecule has 0 aliphatic heterocycles. The van der Waals surface area contributed by atoms with Crippen molar-refractivity contribution in [2.45, 2.75) is 12.5 Å². The van der Waals surface area contributed by atoms with Gasteiger partial charge < -0.3 is 10.8 Å². The van der Waals surface area contributed by atoms with Gasteiger partial charge in [-0.3, -0.25) is 0 Å². The summed E-state index contributed by atoms with van der Waals surface area (Å²) >= 11 is 0. The van der Waals surface area contributed by atoms with E-state index < -0.39 is 6.10 Å². The Morgan fingerprint density at radius 2 is 2.25 bits per heavy atom. The Morgan fingerprint density at radius 1 is 1.50 bits per heavy atom. The highest BCUT2D eigenvalue weighted by Crippen LogP contribution is 2.16. The molecule has 3 N–H and O–H groups in total. The zero-order valence-electron chi connectivity index (χ0n) is 6.70. The number of hydrogen-bond acceptors (Lipinski definition) is 2. The van der Waals surface area contributed by atoms with Gasteiger partial charge >= 0.3 is 0 Å². The van der Waals surface area contributed by atoms with E-state index in [1.807, 2.05) is 0 Å². The first-order chi connectivity index (χ1) is 5.74. The maximum absolute atomic E-state index is 12.6. The highest BCUT2D eigenvalue weighted by atomic mass is 19.1. The Balaban J connectivity index is 2.73. The third-order valence-corrected chi connectivity index (χ3v) is 1.67. The van der Waals surface area contributed by atoms with Gasteiger partial charge in [-0.05, 0) is 30.7 Å². The van der Waals surface area contributed by atoms with E-state index in [2.05, 4.69) is 0 Å². The molecule has 1 atom stereocenters. The lowest BCUT2D eigenvalue weighted by atomic mass is 10.1. The van der Waals surface area contributed by atoms with Crippen LogP contribution in [-0.4, -0.2) is 11.7 Å². The maximum atomic E-state index is 12.6. The van der Waals surface area contributed by atoms with E-state index in [1.54, 1.807) is 12.1 Å². The van der Waals surface area contributed by atoms with E-state index in [4.69, 9.17) is 5.73 Å². The van der Waals surface area contributed by atoms with Crippen LogP contribution in [0.1, 0.15) is 18.1 Å². The Morgan fingerprint density at radius 3 is 2.83 bits per heavy atom. The van der Waals surface area contributed by atoms with Crippen LogP contribution >= 0.6 is 0 Å². The van der Waals surface area contributed by atoms with Gasteiger partial charge in [-0.2, -0.15) is 0 Å². The number of nitrogens with two attached hydrogens (primary N) is 1. The van der Waals surface area contributed by atoms with Crippen molar-refractivity contribution in [3.05, 3.63) is 35.6 Å². The van der Waals surface area contributed by atoms with E-state index in [-0.39, 0.29) is 5.82 Å². The molecule has 0 aliphatic carbocycles. The Kier molecular flexibility index (Phi) is 3.19. The van der Waals surface area contributed by atoms with Crippen molar-refractivity contribution in [2.24, 2.45) is 5.73 Å². The molecule has 66 valence electrons. The molecule has 0 aromatic heterocycles. The van der Waals surface area contributed by atoms with Crippen LogP contribution in [0.5, 0.6) is 0 Å². The van der Waals surface area contributed by atoms with E-state index in [0.717, 1.165) is 0 Å². The summed E-state index contributed by atoms with van der Waals surface area (Å²) in [6.07, 6.45) is -0.186. The summed E-state index contributed by atoms with van der Waals surface area (Å²) < 4.78 is 12.6. The Bertz CT molecular complexity index is 252. The van der Waals surface area contributed by atoms with Crippen molar-refractivity contribution in [3.63, 3.8) is 0 Å². The number of hydrogen-bond donors (Lipinski definition) is 2. The van der Waals surface area contributed by atoms with Gasteiger partial charge in [-0.1, -0.05) is 12.1 Å². The molecule has 3 heteroatoms. The van der Waals surface area contributed by atoms with Crippen molar-refractivity contribution in [3.8, 4) is 0 Å². The van der Waals surface area contributed by atoms with Gasteiger partial charge in [0.2, 0.25) is 0 Å². The van der Waals surface area contributed by atoms with Crippen molar-refractivity contribution >= 4 is 0 Å². The SMILES string of the molecule is NCC[C@@H](O)c1cccc(F)c1. The number of benzene rings is 1. The minimum Gasteiger partial charge on any atom is -0.388 e. The average molecular weight is 169 g/mol. The fourth-order valence-electron chi connectivity index (χ4n) is 1.04. The van der Waals surface area contributed by atoms with Crippen LogP contribution < -0.4 is 5.73 Å². The zero-order valence-corrected chi connectivity index (χ0v) is 6.70. The van der Waals surface area contributed by atoms with Crippen LogP contribution in [0.15, 0.2) is 24.3 Å². The Labute approximate surface area is 70.8 Å². The van der Waals surface area contributed by atoms with Gasteiger partial charge in [0.1, 0.15) is 5.82 Å². The predicted octanol–water partition coefficient (Wildman–Crippen LogP) is 1.21. The lowest BCUT2D eigenvalue weighted by Crippen LogP contribution is -2.06. The first-order valence-electron chi connectivity index (χ1n) is 3.87. The van der Waals surface area contributed by atoms with Crippen LogP contribution in [0.2, 0.25) is 0 Å². The molecular weight excluding hydrogens is 157 g/mol. The number of rotatable bonds is 3.